The zero-order valence-corrected chi connectivity index (χ0v) is 7.84. The molecule has 1 rings (SSSR count). The van der Waals surface area contributed by atoms with Crippen LogP contribution in [0.4, 0.5) is 0 Å². The van der Waals surface area contributed by atoms with E-state index in [1.54, 1.807) is 24.3 Å². The Hall–Kier alpha value is -1.36. The van der Waals surface area contributed by atoms with Crippen LogP contribution < -0.4 is 8.91 Å². The van der Waals surface area contributed by atoms with Gasteiger partial charge in [-0.2, -0.15) is 4.21 Å². The maximum absolute atomic E-state index is 11.0. The molecule has 0 heterocycles. The van der Waals surface area contributed by atoms with E-state index in [-0.39, 0.29) is 0 Å². The van der Waals surface area contributed by atoms with Crippen LogP contribution in [0.15, 0.2) is 30.3 Å². The van der Waals surface area contributed by atoms with E-state index < -0.39 is 17.2 Å². The van der Waals surface area contributed by atoms with Gasteiger partial charge in [0.15, 0.2) is 0 Å². The van der Waals surface area contributed by atoms with Crippen molar-refractivity contribution in [3.8, 4) is 5.75 Å². The minimum atomic E-state index is -1.80. The third-order valence-electron chi connectivity index (χ3n) is 1.14. The predicted octanol–water partition coefficient (Wildman–Crippen LogP) is 0.780. The molecule has 0 saturated heterocycles. The molecule has 1 N–H and O–H groups in total. The van der Waals surface area contributed by atoms with Gasteiger partial charge < -0.3 is 4.18 Å². The molecule has 1 atom stereocenters. The fourth-order valence-electron chi connectivity index (χ4n) is 0.702. The van der Waals surface area contributed by atoms with Crippen molar-refractivity contribution >= 4 is 17.2 Å². The van der Waals surface area contributed by atoms with Gasteiger partial charge in [-0.05, 0) is 12.1 Å². The minimum Gasteiger partial charge on any atom is -0.385 e. The van der Waals surface area contributed by atoms with Gasteiger partial charge in [0.25, 0.3) is 0 Å². The fraction of sp³-hybridized carbons (Fsp3) is 0.125. The number of rotatable bonds is 3. The van der Waals surface area contributed by atoms with Crippen LogP contribution in [-0.4, -0.2) is 10.1 Å². The molecule has 0 spiro atoms. The van der Waals surface area contributed by atoms with Crippen molar-refractivity contribution in [2.75, 3.05) is 0 Å². The lowest BCUT2D eigenvalue weighted by Gasteiger charge is -2.02. The highest BCUT2D eigenvalue weighted by Crippen LogP contribution is 2.08. The summed E-state index contributed by atoms with van der Waals surface area (Å²) in [5, 5.41) is 0. The molecule has 0 radical (unpaired) electrons. The molecule has 1 aromatic carbocycles. The Morgan fingerprint density at radius 1 is 1.38 bits per heavy atom. The Labute approximate surface area is 78.7 Å². The minimum absolute atomic E-state index is 0.394. The highest BCUT2D eigenvalue weighted by molar-refractivity contribution is 7.79. The van der Waals surface area contributed by atoms with Crippen molar-refractivity contribution in [3.05, 3.63) is 30.3 Å². The number of hydrogen-bond acceptors (Lipinski definition) is 3. The van der Waals surface area contributed by atoms with Crippen molar-refractivity contribution in [3.63, 3.8) is 0 Å². The van der Waals surface area contributed by atoms with Gasteiger partial charge in [0.05, 0.1) is 0 Å². The van der Waals surface area contributed by atoms with Gasteiger partial charge in [-0.3, -0.25) is 4.79 Å². The maximum Gasteiger partial charge on any atom is 0.318 e. The Bertz CT molecular complexity index is 312. The van der Waals surface area contributed by atoms with Crippen LogP contribution in [0.1, 0.15) is 6.92 Å². The van der Waals surface area contributed by atoms with Gasteiger partial charge >= 0.3 is 11.3 Å². The molecule has 0 saturated carbocycles. The van der Waals surface area contributed by atoms with Gasteiger partial charge in [0.2, 0.25) is 5.91 Å². The first-order chi connectivity index (χ1) is 6.18. The number of hydrogen-bond donors (Lipinski definition) is 1. The molecule has 0 aliphatic rings. The first kappa shape index (κ1) is 9.73. The summed E-state index contributed by atoms with van der Waals surface area (Å²) >= 11 is -1.80. The molecule has 0 aromatic heterocycles. The van der Waals surface area contributed by atoms with E-state index in [4.69, 9.17) is 4.18 Å². The van der Waals surface area contributed by atoms with Crippen LogP contribution in [0.2, 0.25) is 0 Å². The summed E-state index contributed by atoms with van der Waals surface area (Å²) in [6.45, 7) is 1.27. The SMILES string of the molecule is CC(=O)NS(=O)Oc1ccccc1. The monoisotopic (exact) mass is 199 g/mol. The second-order valence-electron chi connectivity index (χ2n) is 2.29. The van der Waals surface area contributed by atoms with Crippen LogP contribution in [-0.2, 0) is 16.1 Å². The average molecular weight is 199 g/mol. The highest BCUT2D eigenvalue weighted by Gasteiger charge is 2.02. The Morgan fingerprint density at radius 2 is 2.00 bits per heavy atom. The van der Waals surface area contributed by atoms with Crippen LogP contribution in [0, 0.1) is 0 Å². The highest BCUT2D eigenvalue weighted by atomic mass is 32.2. The van der Waals surface area contributed by atoms with Crippen molar-refractivity contribution < 1.29 is 13.2 Å². The molecule has 0 aliphatic carbocycles. The summed E-state index contributed by atoms with van der Waals surface area (Å²) in [4.78, 5) is 10.5. The van der Waals surface area contributed by atoms with Gasteiger partial charge in [-0.15, -0.1) is 0 Å². The van der Waals surface area contributed by atoms with Gasteiger partial charge in [-0.25, -0.2) is 4.72 Å². The quantitative estimate of drug-likeness (QED) is 0.782. The molecular formula is C8H9NO3S. The molecule has 1 unspecified atom stereocenters. The number of para-hydroxylation sites is 1. The first-order valence-corrected chi connectivity index (χ1v) is 4.68. The van der Waals surface area contributed by atoms with Crippen molar-refractivity contribution in [1.29, 1.82) is 0 Å². The molecule has 4 nitrogen and oxygen atoms in total. The predicted molar refractivity (Wildman–Crippen MR) is 49.0 cm³/mol. The molecule has 70 valence electrons. The molecule has 13 heavy (non-hydrogen) atoms. The second-order valence-corrected chi connectivity index (χ2v) is 3.13. The molecule has 1 aromatic rings. The van der Waals surface area contributed by atoms with E-state index >= 15 is 0 Å². The summed E-state index contributed by atoms with van der Waals surface area (Å²) in [6, 6.07) is 8.62. The Morgan fingerprint density at radius 3 is 2.54 bits per heavy atom. The zero-order chi connectivity index (χ0) is 9.68. The van der Waals surface area contributed by atoms with Crippen molar-refractivity contribution in [1.82, 2.24) is 4.72 Å². The fourth-order valence-corrected chi connectivity index (χ4v) is 1.26. The summed E-state index contributed by atoms with van der Waals surface area (Å²) < 4.78 is 17.9. The van der Waals surface area contributed by atoms with Gasteiger partial charge in [0.1, 0.15) is 5.75 Å². The Kier molecular flexibility index (Phi) is 3.45. The van der Waals surface area contributed by atoms with E-state index in [1.807, 2.05) is 6.07 Å². The molecule has 5 heteroatoms. The van der Waals surface area contributed by atoms with E-state index in [2.05, 4.69) is 4.72 Å². The summed E-state index contributed by atoms with van der Waals surface area (Å²) in [5.41, 5.74) is 0. The average Bonchev–Trinajstić information content (AvgIpc) is 2.04. The van der Waals surface area contributed by atoms with E-state index in [1.165, 1.54) is 6.92 Å². The van der Waals surface area contributed by atoms with Crippen LogP contribution in [0.3, 0.4) is 0 Å². The number of nitrogens with one attached hydrogen (secondary N) is 1. The van der Waals surface area contributed by atoms with Crippen LogP contribution in [0.25, 0.3) is 0 Å². The molecule has 1 amide bonds. The van der Waals surface area contributed by atoms with E-state index in [9.17, 15) is 9.00 Å². The normalized spacial score (nSPS) is 11.8. The smallest absolute Gasteiger partial charge is 0.318 e. The largest absolute Gasteiger partial charge is 0.385 e. The lowest BCUT2D eigenvalue weighted by molar-refractivity contribution is -0.117. The number of carbonyl (C=O) groups excluding carboxylic acids is 1. The maximum atomic E-state index is 11.0. The van der Waals surface area contributed by atoms with Crippen LogP contribution in [0.5, 0.6) is 5.75 Å². The van der Waals surface area contributed by atoms with E-state index in [0.29, 0.717) is 5.75 Å². The van der Waals surface area contributed by atoms with Gasteiger partial charge in [0, 0.05) is 6.92 Å². The molecule has 0 bridgehead atoms. The third kappa shape index (κ3) is 3.71. The number of benzene rings is 1. The Balaban J connectivity index is 2.50. The number of amides is 1. The van der Waals surface area contributed by atoms with Gasteiger partial charge in [-0.1, -0.05) is 18.2 Å². The van der Waals surface area contributed by atoms with E-state index in [0.717, 1.165) is 0 Å². The summed E-state index contributed by atoms with van der Waals surface area (Å²) in [5.74, 6) is 0.0591. The van der Waals surface area contributed by atoms with Crippen molar-refractivity contribution in [2.24, 2.45) is 0 Å². The summed E-state index contributed by atoms with van der Waals surface area (Å²) in [6.07, 6.45) is 0. The second kappa shape index (κ2) is 4.61. The molecular weight excluding hydrogens is 190 g/mol. The molecule has 0 aliphatic heterocycles. The third-order valence-corrected chi connectivity index (χ3v) is 1.94. The lowest BCUT2D eigenvalue weighted by atomic mass is 10.3. The topological polar surface area (TPSA) is 55.4 Å². The van der Waals surface area contributed by atoms with Crippen molar-refractivity contribution in [2.45, 2.75) is 6.92 Å². The first-order valence-electron chi connectivity index (χ1n) is 3.61. The number of carbonyl (C=O) groups is 1. The summed E-state index contributed by atoms with van der Waals surface area (Å²) in [7, 11) is 0. The lowest BCUT2D eigenvalue weighted by Crippen LogP contribution is -2.25. The molecule has 0 fully saturated rings. The van der Waals surface area contributed by atoms with Crippen LogP contribution >= 0.6 is 0 Å². The standard InChI is InChI=1S/C8H9NO3S/c1-7(10)9-13(11)12-8-5-3-2-4-6-8/h2-6H,1H3,(H,9,10). The zero-order valence-electron chi connectivity index (χ0n) is 7.02.